The van der Waals surface area contributed by atoms with Crippen molar-refractivity contribution in [2.75, 3.05) is 5.32 Å². The Morgan fingerprint density at radius 2 is 1.70 bits per heavy atom. The number of nitrogens with zero attached hydrogens (tertiary/aromatic N) is 1. The standard InChI is InChI=1S/C17H12N2O/c1-2-6-16-14(5-1)19-15-8-7-12(10-17(15)20-16)13-4-3-9-18-11-13/h1-11,19H. The fourth-order valence-electron chi connectivity index (χ4n) is 2.35. The number of hydrogen-bond acceptors (Lipinski definition) is 3. The molecule has 1 aliphatic rings. The first-order chi connectivity index (χ1) is 9.90. The van der Waals surface area contributed by atoms with E-state index in [1.165, 1.54) is 0 Å². The van der Waals surface area contributed by atoms with Crippen LogP contribution in [0.25, 0.3) is 11.1 Å². The average Bonchev–Trinajstić information content (AvgIpc) is 2.53. The van der Waals surface area contributed by atoms with Gasteiger partial charge in [0.2, 0.25) is 0 Å². The number of pyridine rings is 1. The summed E-state index contributed by atoms with van der Waals surface area (Å²) < 4.78 is 5.96. The van der Waals surface area contributed by atoms with E-state index < -0.39 is 0 Å². The number of hydrogen-bond donors (Lipinski definition) is 1. The van der Waals surface area contributed by atoms with Crippen molar-refractivity contribution in [3.63, 3.8) is 0 Å². The maximum absolute atomic E-state index is 5.96. The first-order valence-corrected chi connectivity index (χ1v) is 6.48. The molecule has 0 amide bonds. The second kappa shape index (κ2) is 4.38. The number of aromatic nitrogens is 1. The molecule has 0 fully saturated rings. The normalized spacial score (nSPS) is 11.8. The summed E-state index contributed by atoms with van der Waals surface area (Å²) in [5.74, 6) is 1.69. The third-order valence-electron chi connectivity index (χ3n) is 3.35. The summed E-state index contributed by atoms with van der Waals surface area (Å²) in [5.41, 5.74) is 4.15. The lowest BCUT2D eigenvalue weighted by Crippen LogP contribution is -2.02. The molecule has 0 bridgehead atoms. The summed E-state index contributed by atoms with van der Waals surface area (Å²) in [6.45, 7) is 0. The van der Waals surface area contributed by atoms with Crippen molar-refractivity contribution in [1.82, 2.24) is 4.98 Å². The molecule has 2 heterocycles. The van der Waals surface area contributed by atoms with Gasteiger partial charge in [0.1, 0.15) is 0 Å². The Morgan fingerprint density at radius 1 is 0.800 bits per heavy atom. The lowest BCUT2D eigenvalue weighted by atomic mass is 10.1. The van der Waals surface area contributed by atoms with Gasteiger partial charge in [-0.1, -0.05) is 24.3 Å². The average molecular weight is 260 g/mol. The van der Waals surface area contributed by atoms with Crippen LogP contribution in [0.15, 0.2) is 67.0 Å². The van der Waals surface area contributed by atoms with Crippen LogP contribution in [0.2, 0.25) is 0 Å². The predicted octanol–water partition coefficient (Wildman–Crippen LogP) is 4.60. The van der Waals surface area contributed by atoms with E-state index in [1.54, 1.807) is 6.20 Å². The van der Waals surface area contributed by atoms with Gasteiger partial charge in [0.05, 0.1) is 11.4 Å². The molecule has 0 radical (unpaired) electrons. The zero-order valence-electron chi connectivity index (χ0n) is 10.7. The highest BCUT2D eigenvalue weighted by Crippen LogP contribution is 2.43. The second-order valence-electron chi connectivity index (χ2n) is 4.68. The minimum Gasteiger partial charge on any atom is -0.453 e. The van der Waals surface area contributed by atoms with Gasteiger partial charge < -0.3 is 10.1 Å². The van der Waals surface area contributed by atoms with E-state index in [9.17, 15) is 0 Å². The van der Waals surface area contributed by atoms with E-state index in [0.29, 0.717) is 0 Å². The molecular weight excluding hydrogens is 248 g/mol. The molecule has 0 aliphatic carbocycles. The summed E-state index contributed by atoms with van der Waals surface area (Å²) in [6, 6.07) is 18.0. The number of fused-ring (bicyclic) bond motifs is 2. The molecule has 3 nitrogen and oxygen atoms in total. The summed E-state index contributed by atoms with van der Waals surface area (Å²) in [7, 11) is 0. The quantitative estimate of drug-likeness (QED) is 0.543. The fraction of sp³-hybridized carbons (Fsp3) is 0. The monoisotopic (exact) mass is 260 g/mol. The highest BCUT2D eigenvalue weighted by Gasteiger charge is 2.16. The summed E-state index contributed by atoms with van der Waals surface area (Å²) in [6.07, 6.45) is 3.63. The van der Waals surface area contributed by atoms with Crippen LogP contribution < -0.4 is 10.1 Å². The summed E-state index contributed by atoms with van der Waals surface area (Å²) in [5, 5.41) is 3.38. The molecule has 20 heavy (non-hydrogen) atoms. The highest BCUT2D eigenvalue weighted by molar-refractivity contribution is 5.79. The van der Waals surface area contributed by atoms with E-state index in [-0.39, 0.29) is 0 Å². The molecule has 2 aromatic carbocycles. The molecule has 0 atom stereocenters. The van der Waals surface area contributed by atoms with Gasteiger partial charge in [0.15, 0.2) is 11.5 Å². The largest absolute Gasteiger partial charge is 0.453 e. The molecule has 0 saturated carbocycles. The molecular formula is C17H12N2O. The molecule has 1 aliphatic heterocycles. The predicted molar refractivity (Wildman–Crippen MR) is 79.5 cm³/mol. The Labute approximate surface area is 116 Å². The minimum atomic E-state index is 0.838. The SMILES string of the molecule is c1cncc(-c2ccc3c(c2)Oc2ccccc2N3)c1. The number of benzene rings is 2. The van der Waals surface area contributed by atoms with Crippen molar-refractivity contribution in [1.29, 1.82) is 0 Å². The Morgan fingerprint density at radius 3 is 2.60 bits per heavy atom. The van der Waals surface area contributed by atoms with Gasteiger partial charge >= 0.3 is 0 Å². The first-order valence-electron chi connectivity index (χ1n) is 6.48. The molecule has 0 unspecified atom stereocenters. The molecule has 4 rings (SSSR count). The topological polar surface area (TPSA) is 34.1 Å². The van der Waals surface area contributed by atoms with E-state index in [2.05, 4.69) is 16.4 Å². The van der Waals surface area contributed by atoms with Gasteiger partial charge in [-0.15, -0.1) is 0 Å². The van der Waals surface area contributed by atoms with Crippen LogP contribution in [0.3, 0.4) is 0 Å². The van der Waals surface area contributed by atoms with Crippen LogP contribution >= 0.6 is 0 Å². The number of anilines is 2. The fourth-order valence-corrected chi connectivity index (χ4v) is 2.35. The van der Waals surface area contributed by atoms with Crippen molar-refractivity contribution in [2.24, 2.45) is 0 Å². The Kier molecular flexibility index (Phi) is 2.42. The molecule has 3 aromatic rings. The molecule has 1 aromatic heterocycles. The Bertz CT molecular complexity index is 769. The third kappa shape index (κ3) is 1.80. The van der Waals surface area contributed by atoms with Gasteiger partial charge in [-0.25, -0.2) is 0 Å². The lowest BCUT2D eigenvalue weighted by Gasteiger charge is -2.22. The zero-order valence-corrected chi connectivity index (χ0v) is 10.7. The van der Waals surface area contributed by atoms with Crippen molar-refractivity contribution < 1.29 is 4.74 Å². The van der Waals surface area contributed by atoms with Gasteiger partial charge in [-0.2, -0.15) is 0 Å². The van der Waals surface area contributed by atoms with Crippen LogP contribution in [0.5, 0.6) is 11.5 Å². The lowest BCUT2D eigenvalue weighted by molar-refractivity contribution is 0.481. The van der Waals surface area contributed by atoms with Crippen molar-refractivity contribution in [2.45, 2.75) is 0 Å². The highest BCUT2D eigenvalue weighted by atomic mass is 16.5. The molecule has 1 N–H and O–H groups in total. The number of para-hydroxylation sites is 2. The summed E-state index contributed by atoms with van der Waals surface area (Å²) >= 11 is 0. The van der Waals surface area contributed by atoms with E-state index in [4.69, 9.17) is 4.74 Å². The van der Waals surface area contributed by atoms with Gasteiger partial charge in [0.25, 0.3) is 0 Å². The number of ether oxygens (including phenoxy) is 1. The van der Waals surface area contributed by atoms with E-state index in [1.807, 2.05) is 54.7 Å². The maximum atomic E-state index is 5.96. The van der Waals surface area contributed by atoms with Crippen LogP contribution in [0.4, 0.5) is 11.4 Å². The van der Waals surface area contributed by atoms with E-state index in [0.717, 1.165) is 34.0 Å². The molecule has 0 spiro atoms. The molecule has 96 valence electrons. The van der Waals surface area contributed by atoms with E-state index >= 15 is 0 Å². The third-order valence-corrected chi connectivity index (χ3v) is 3.35. The Balaban J connectivity index is 1.77. The van der Waals surface area contributed by atoms with Crippen molar-refractivity contribution in [3.05, 3.63) is 67.0 Å². The van der Waals surface area contributed by atoms with Gasteiger partial charge in [-0.05, 0) is 35.9 Å². The second-order valence-corrected chi connectivity index (χ2v) is 4.68. The molecule has 3 heteroatoms. The maximum Gasteiger partial charge on any atom is 0.151 e. The van der Waals surface area contributed by atoms with Crippen LogP contribution in [-0.4, -0.2) is 4.98 Å². The van der Waals surface area contributed by atoms with Crippen LogP contribution in [0, 0.1) is 0 Å². The Hall–Kier alpha value is -2.81. The van der Waals surface area contributed by atoms with Gasteiger partial charge in [-0.3, -0.25) is 4.98 Å². The molecule has 0 saturated heterocycles. The van der Waals surface area contributed by atoms with Crippen molar-refractivity contribution >= 4 is 11.4 Å². The summed E-state index contributed by atoms with van der Waals surface area (Å²) in [4.78, 5) is 4.15. The smallest absolute Gasteiger partial charge is 0.151 e. The van der Waals surface area contributed by atoms with Crippen molar-refractivity contribution in [3.8, 4) is 22.6 Å². The van der Waals surface area contributed by atoms with Crippen LogP contribution in [-0.2, 0) is 0 Å². The minimum absolute atomic E-state index is 0.838. The van der Waals surface area contributed by atoms with Crippen LogP contribution in [0.1, 0.15) is 0 Å². The van der Waals surface area contributed by atoms with Gasteiger partial charge in [0, 0.05) is 18.0 Å². The number of rotatable bonds is 1. The first kappa shape index (κ1) is 11.1. The zero-order chi connectivity index (χ0) is 13.4. The number of nitrogens with one attached hydrogen (secondary N) is 1.